The van der Waals surface area contributed by atoms with Crippen LogP contribution in [0.1, 0.15) is 47.4 Å². The molecule has 0 saturated carbocycles. The molecule has 2 N–H and O–H groups in total. The Morgan fingerprint density at radius 2 is 2.15 bits per heavy atom. The average Bonchev–Trinajstić information content (AvgIpc) is 2.77. The van der Waals surface area contributed by atoms with Gasteiger partial charge in [0, 0.05) is 29.0 Å². The summed E-state index contributed by atoms with van der Waals surface area (Å²) in [5, 5.41) is 1.28. The molecule has 3 nitrogen and oxygen atoms in total. The van der Waals surface area contributed by atoms with Crippen molar-refractivity contribution in [2.75, 3.05) is 19.3 Å². The second-order valence-electron chi connectivity index (χ2n) is 6.35. The van der Waals surface area contributed by atoms with Gasteiger partial charge in [-0.15, -0.1) is 11.3 Å². The molecule has 2 aliphatic rings. The van der Waals surface area contributed by atoms with E-state index in [4.69, 9.17) is 10.7 Å². The zero-order valence-electron chi connectivity index (χ0n) is 12.2. The van der Waals surface area contributed by atoms with Crippen molar-refractivity contribution in [3.05, 3.63) is 21.7 Å². The molecule has 4 heteroatoms. The molecule has 1 aliphatic carbocycles. The number of nitrogens with two attached hydrogens (primary N) is 1. The first-order valence-corrected chi connectivity index (χ1v) is 8.38. The number of rotatable bonds is 0. The highest BCUT2D eigenvalue weighted by Gasteiger charge is 2.26. The third kappa shape index (κ3) is 1.71. The number of hydrogen-bond donors (Lipinski definition) is 1. The first-order chi connectivity index (χ1) is 9.65. The van der Waals surface area contributed by atoms with Crippen molar-refractivity contribution in [2.24, 2.45) is 0 Å². The lowest BCUT2D eigenvalue weighted by atomic mass is 9.86. The van der Waals surface area contributed by atoms with Crippen LogP contribution < -0.4 is 5.73 Å². The predicted octanol–water partition coefficient (Wildman–Crippen LogP) is 3.31. The summed E-state index contributed by atoms with van der Waals surface area (Å²) in [6.07, 6.45) is 4.73. The SMILES string of the molecule is CC1CCCc2c1nc1sc3c(c1c2N)CCN(C)C3. The summed E-state index contributed by atoms with van der Waals surface area (Å²) in [6.45, 7) is 4.47. The number of hydrogen-bond acceptors (Lipinski definition) is 4. The van der Waals surface area contributed by atoms with Crippen LogP contribution in [0.25, 0.3) is 10.2 Å². The third-order valence-electron chi connectivity index (χ3n) is 4.89. The van der Waals surface area contributed by atoms with Gasteiger partial charge in [-0.1, -0.05) is 6.92 Å². The van der Waals surface area contributed by atoms with Crippen LogP contribution in [-0.4, -0.2) is 23.5 Å². The van der Waals surface area contributed by atoms with Gasteiger partial charge in [0.25, 0.3) is 0 Å². The van der Waals surface area contributed by atoms with Crippen LogP contribution in [0.3, 0.4) is 0 Å². The largest absolute Gasteiger partial charge is 0.398 e. The van der Waals surface area contributed by atoms with Gasteiger partial charge in [-0.25, -0.2) is 4.98 Å². The van der Waals surface area contributed by atoms with E-state index in [-0.39, 0.29) is 0 Å². The summed E-state index contributed by atoms with van der Waals surface area (Å²) in [5.74, 6) is 0.562. The van der Waals surface area contributed by atoms with E-state index in [9.17, 15) is 0 Å². The van der Waals surface area contributed by atoms with E-state index >= 15 is 0 Å². The Kier molecular flexibility index (Phi) is 2.79. The van der Waals surface area contributed by atoms with Gasteiger partial charge in [0.1, 0.15) is 4.83 Å². The number of anilines is 1. The van der Waals surface area contributed by atoms with Crippen molar-refractivity contribution in [3.8, 4) is 0 Å². The Bertz CT molecular complexity index is 689. The molecule has 0 bridgehead atoms. The fourth-order valence-corrected chi connectivity index (χ4v) is 5.06. The average molecular weight is 287 g/mol. The number of nitrogen functional groups attached to an aromatic ring is 1. The zero-order chi connectivity index (χ0) is 13.9. The zero-order valence-corrected chi connectivity index (χ0v) is 13.0. The van der Waals surface area contributed by atoms with Gasteiger partial charge >= 0.3 is 0 Å². The highest BCUT2D eigenvalue weighted by molar-refractivity contribution is 7.19. The third-order valence-corrected chi connectivity index (χ3v) is 6.00. The van der Waals surface area contributed by atoms with Crippen molar-refractivity contribution < 1.29 is 0 Å². The quantitative estimate of drug-likeness (QED) is 0.808. The Morgan fingerprint density at radius 1 is 1.30 bits per heavy atom. The molecule has 20 heavy (non-hydrogen) atoms. The minimum absolute atomic E-state index is 0.562. The van der Waals surface area contributed by atoms with Crippen molar-refractivity contribution >= 4 is 27.2 Å². The van der Waals surface area contributed by atoms with E-state index in [1.54, 1.807) is 0 Å². The Balaban J connectivity index is 1.99. The van der Waals surface area contributed by atoms with Crippen LogP contribution in [0.4, 0.5) is 5.69 Å². The molecular weight excluding hydrogens is 266 g/mol. The smallest absolute Gasteiger partial charge is 0.126 e. The van der Waals surface area contributed by atoms with Crippen LogP contribution in [0.2, 0.25) is 0 Å². The molecule has 0 spiro atoms. The number of nitrogens with zero attached hydrogens (tertiary/aromatic N) is 2. The number of likely N-dealkylation sites (N-methyl/N-ethyl adjacent to an activating group) is 1. The van der Waals surface area contributed by atoms with E-state index in [0.29, 0.717) is 5.92 Å². The van der Waals surface area contributed by atoms with Crippen molar-refractivity contribution in [1.82, 2.24) is 9.88 Å². The summed E-state index contributed by atoms with van der Waals surface area (Å²) in [5.41, 5.74) is 11.7. The van der Waals surface area contributed by atoms with E-state index < -0.39 is 0 Å². The molecule has 1 unspecified atom stereocenters. The van der Waals surface area contributed by atoms with E-state index in [1.807, 2.05) is 11.3 Å². The topological polar surface area (TPSA) is 42.1 Å². The molecule has 2 aromatic heterocycles. The molecule has 0 amide bonds. The van der Waals surface area contributed by atoms with Gasteiger partial charge < -0.3 is 10.6 Å². The van der Waals surface area contributed by atoms with Gasteiger partial charge in [-0.3, -0.25) is 0 Å². The lowest BCUT2D eigenvalue weighted by Gasteiger charge is -2.24. The van der Waals surface area contributed by atoms with Gasteiger partial charge in [0.15, 0.2) is 0 Å². The normalized spacial score (nSPS) is 22.8. The Hall–Kier alpha value is -1.13. The van der Waals surface area contributed by atoms with Crippen LogP contribution >= 0.6 is 11.3 Å². The second kappa shape index (κ2) is 4.43. The molecule has 4 rings (SSSR count). The molecule has 2 aromatic rings. The molecule has 3 heterocycles. The number of fused-ring (bicyclic) bond motifs is 4. The molecule has 0 aromatic carbocycles. The highest BCUT2D eigenvalue weighted by Crippen LogP contribution is 2.42. The Labute approximate surface area is 123 Å². The standard InChI is InChI=1S/C16H21N3S/c1-9-4-3-5-11-14(17)13-10-6-7-19(2)8-12(10)20-16(13)18-15(9)11/h9H,3-8H2,1-2H3,(H2,17,18). The summed E-state index contributed by atoms with van der Waals surface area (Å²) >= 11 is 1.86. The Morgan fingerprint density at radius 3 is 3.00 bits per heavy atom. The molecule has 0 fully saturated rings. The molecular formula is C16H21N3S. The van der Waals surface area contributed by atoms with Gasteiger partial charge in [-0.2, -0.15) is 0 Å². The number of thiophene rings is 1. The maximum atomic E-state index is 6.56. The van der Waals surface area contributed by atoms with Gasteiger partial charge in [0.05, 0.1) is 5.69 Å². The first-order valence-electron chi connectivity index (χ1n) is 7.56. The summed E-state index contributed by atoms with van der Waals surface area (Å²) in [4.78, 5) is 10.0. The lowest BCUT2D eigenvalue weighted by molar-refractivity contribution is 0.318. The fraction of sp³-hybridized carbons (Fsp3) is 0.562. The summed E-state index contributed by atoms with van der Waals surface area (Å²) in [7, 11) is 2.19. The molecule has 0 radical (unpaired) electrons. The predicted molar refractivity (Wildman–Crippen MR) is 85.4 cm³/mol. The second-order valence-corrected chi connectivity index (χ2v) is 7.44. The molecule has 1 atom stereocenters. The minimum Gasteiger partial charge on any atom is -0.398 e. The lowest BCUT2D eigenvalue weighted by Crippen LogP contribution is -2.25. The van der Waals surface area contributed by atoms with Crippen LogP contribution in [0.5, 0.6) is 0 Å². The molecule has 0 saturated heterocycles. The van der Waals surface area contributed by atoms with E-state index in [2.05, 4.69) is 18.9 Å². The van der Waals surface area contributed by atoms with Crippen molar-refractivity contribution in [2.45, 2.75) is 45.1 Å². The van der Waals surface area contributed by atoms with Crippen LogP contribution in [0, 0.1) is 0 Å². The summed E-state index contributed by atoms with van der Waals surface area (Å²) in [6, 6.07) is 0. The van der Waals surface area contributed by atoms with E-state index in [1.165, 1.54) is 44.8 Å². The van der Waals surface area contributed by atoms with E-state index in [0.717, 1.165) is 31.6 Å². The number of pyridine rings is 1. The monoisotopic (exact) mass is 287 g/mol. The first kappa shape index (κ1) is 12.6. The highest BCUT2D eigenvalue weighted by atomic mass is 32.1. The maximum Gasteiger partial charge on any atom is 0.126 e. The maximum absolute atomic E-state index is 6.56. The van der Waals surface area contributed by atoms with Crippen molar-refractivity contribution in [1.29, 1.82) is 0 Å². The van der Waals surface area contributed by atoms with Gasteiger partial charge in [0.2, 0.25) is 0 Å². The molecule has 1 aliphatic heterocycles. The molecule has 106 valence electrons. The van der Waals surface area contributed by atoms with Crippen LogP contribution in [0.15, 0.2) is 0 Å². The van der Waals surface area contributed by atoms with Crippen LogP contribution in [-0.2, 0) is 19.4 Å². The minimum atomic E-state index is 0.562. The van der Waals surface area contributed by atoms with Gasteiger partial charge in [-0.05, 0) is 49.8 Å². The summed E-state index contributed by atoms with van der Waals surface area (Å²) < 4.78 is 0. The number of aromatic nitrogens is 1. The van der Waals surface area contributed by atoms with Crippen molar-refractivity contribution in [3.63, 3.8) is 0 Å². The fourth-order valence-electron chi connectivity index (χ4n) is 3.73.